The zero-order valence-electron chi connectivity index (χ0n) is 18.5. The van der Waals surface area contributed by atoms with Crippen LogP contribution in [0.2, 0.25) is 5.02 Å². The smallest absolute Gasteiger partial charge is 0.399 e. The number of piperidine rings is 1. The molecule has 1 saturated heterocycles. The van der Waals surface area contributed by atoms with Crippen molar-refractivity contribution in [1.29, 1.82) is 0 Å². The number of methoxy groups -OCH3 is 1. The Balaban J connectivity index is 1.91. The molecule has 1 aliphatic heterocycles. The minimum atomic E-state index is -4.62. The molecule has 13 heteroatoms. The lowest BCUT2D eigenvalue weighted by Crippen LogP contribution is -2.45. The molecule has 0 spiro atoms. The maximum atomic E-state index is 13.6. The van der Waals surface area contributed by atoms with Crippen molar-refractivity contribution in [3.63, 3.8) is 0 Å². The standard InChI is InChI=1S/C21H26ClF2N2O6PS/c1-30-20-7-2-3-8-21(20)34(28,29)26(14-18-6-4-5-11-25-18)13-16-9-10-17(19(22)12-16)15-33(27,31-23)32-24/h2-3,7-10,12,18,25H,4-6,11,13-15H2,1H3. The largest absolute Gasteiger partial charge is 0.495 e. The monoisotopic (exact) mass is 538 g/mol. The van der Waals surface area contributed by atoms with E-state index in [1.807, 2.05) is 0 Å². The normalized spacial score (nSPS) is 17.1. The highest BCUT2D eigenvalue weighted by Crippen LogP contribution is 2.53. The molecular formula is C21H26ClF2N2O6PS. The van der Waals surface area contributed by atoms with Crippen molar-refractivity contribution in [1.82, 2.24) is 9.62 Å². The third-order valence-electron chi connectivity index (χ3n) is 5.57. The molecule has 1 aliphatic rings. The number of nitrogens with one attached hydrogen (secondary N) is 1. The molecule has 2 aromatic rings. The molecular weight excluding hydrogens is 513 g/mol. The van der Waals surface area contributed by atoms with Crippen molar-refractivity contribution in [2.24, 2.45) is 0 Å². The number of nitrogens with zero attached hydrogens (tertiary/aromatic N) is 1. The minimum Gasteiger partial charge on any atom is -0.495 e. The van der Waals surface area contributed by atoms with Crippen LogP contribution in [0.3, 0.4) is 0 Å². The number of halogens is 3. The lowest BCUT2D eigenvalue weighted by molar-refractivity contribution is -0.0881. The number of benzene rings is 2. The van der Waals surface area contributed by atoms with Crippen LogP contribution in [-0.2, 0) is 36.8 Å². The van der Waals surface area contributed by atoms with Crippen LogP contribution in [0.4, 0.5) is 9.05 Å². The van der Waals surface area contributed by atoms with E-state index in [2.05, 4.69) is 14.8 Å². The highest BCUT2D eigenvalue weighted by Gasteiger charge is 2.32. The van der Waals surface area contributed by atoms with E-state index in [1.165, 1.54) is 29.6 Å². The van der Waals surface area contributed by atoms with E-state index in [-0.39, 0.29) is 40.4 Å². The minimum absolute atomic E-state index is 0.0184. The van der Waals surface area contributed by atoms with Crippen molar-refractivity contribution < 1.29 is 36.2 Å². The lowest BCUT2D eigenvalue weighted by atomic mass is 10.0. The van der Waals surface area contributed by atoms with Crippen LogP contribution >= 0.6 is 19.2 Å². The molecule has 2 aromatic carbocycles. The van der Waals surface area contributed by atoms with Crippen molar-refractivity contribution in [2.75, 3.05) is 20.2 Å². The number of hydrogen-bond acceptors (Lipinski definition) is 7. The molecule has 1 atom stereocenters. The van der Waals surface area contributed by atoms with Crippen LogP contribution in [0.1, 0.15) is 30.4 Å². The van der Waals surface area contributed by atoms with E-state index in [4.69, 9.17) is 16.3 Å². The first-order valence-electron chi connectivity index (χ1n) is 10.6. The van der Waals surface area contributed by atoms with Crippen molar-refractivity contribution in [3.8, 4) is 5.75 Å². The van der Waals surface area contributed by atoms with E-state index in [0.29, 0.717) is 5.56 Å². The Morgan fingerprint density at radius 3 is 2.53 bits per heavy atom. The van der Waals surface area contributed by atoms with Gasteiger partial charge in [-0.2, -0.15) is 4.31 Å². The topological polar surface area (TPSA) is 94.2 Å². The Labute approximate surface area is 202 Å². The number of rotatable bonds is 11. The van der Waals surface area contributed by atoms with Gasteiger partial charge in [-0.1, -0.05) is 42.3 Å². The van der Waals surface area contributed by atoms with Crippen LogP contribution in [0.15, 0.2) is 47.4 Å². The second-order valence-electron chi connectivity index (χ2n) is 7.93. The second kappa shape index (κ2) is 11.9. The van der Waals surface area contributed by atoms with E-state index in [0.717, 1.165) is 25.8 Å². The molecule has 0 saturated carbocycles. The Morgan fingerprint density at radius 2 is 1.91 bits per heavy atom. The van der Waals surface area contributed by atoms with Crippen LogP contribution in [-0.4, -0.2) is 39.0 Å². The highest BCUT2D eigenvalue weighted by molar-refractivity contribution is 7.89. The lowest BCUT2D eigenvalue weighted by Gasteiger charge is -2.30. The predicted octanol–water partition coefficient (Wildman–Crippen LogP) is 5.18. The van der Waals surface area contributed by atoms with Gasteiger partial charge in [0.2, 0.25) is 10.0 Å². The predicted molar refractivity (Wildman–Crippen MR) is 123 cm³/mol. The van der Waals surface area contributed by atoms with Crippen molar-refractivity contribution in [3.05, 3.63) is 58.6 Å². The van der Waals surface area contributed by atoms with Gasteiger partial charge in [-0.15, -0.1) is 9.46 Å². The number of ether oxygens (including phenoxy) is 1. The van der Waals surface area contributed by atoms with Gasteiger partial charge in [0.05, 0.1) is 13.3 Å². The first-order chi connectivity index (χ1) is 16.2. The summed E-state index contributed by atoms with van der Waals surface area (Å²) in [5, 5.41) is 3.39. The van der Waals surface area contributed by atoms with Gasteiger partial charge in [-0.3, -0.25) is 4.57 Å². The number of para-hydroxylation sites is 1. The molecule has 1 heterocycles. The molecule has 1 unspecified atom stereocenters. The Kier molecular flexibility index (Phi) is 9.45. The van der Waals surface area contributed by atoms with E-state index in [9.17, 15) is 22.0 Å². The second-order valence-corrected chi connectivity index (χ2v) is 12.1. The molecule has 0 aromatic heterocycles. The fourth-order valence-corrected chi connectivity index (χ4v) is 6.64. The van der Waals surface area contributed by atoms with E-state index >= 15 is 0 Å². The summed E-state index contributed by atoms with van der Waals surface area (Å²) in [5.41, 5.74) is 0.650. The van der Waals surface area contributed by atoms with Crippen molar-refractivity contribution in [2.45, 2.75) is 42.9 Å². The van der Waals surface area contributed by atoms with Gasteiger partial charge in [0.15, 0.2) is 0 Å². The fourth-order valence-electron chi connectivity index (χ4n) is 3.83. The van der Waals surface area contributed by atoms with Gasteiger partial charge in [-0.25, -0.2) is 8.42 Å². The highest BCUT2D eigenvalue weighted by atomic mass is 35.5. The quantitative estimate of drug-likeness (QED) is 0.394. The van der Waals surface area contributed by atoms with E-state index in [1.54, 1.807) is 24.3 Å². The molecule has 1 N–H and O–H groups in total. The first kappa shape index (κ1) is 27.0. The average Bonchev–Trinajstić information content (AvgIpc) is 2.85. The molecule has 1 fully saturated rings. The zero-order chi connectivity index (χ0) is 24.8. The number of sulfonamides is 1. The van der Waals surface area contributed by atoms with Gasteiger partial charge in [-0.05, 0) is 57.8 Å². The average molecular weight is 539 g/mol. The first-order valence-corrected chi connectivity index (χ1v) is 14.1. The molecule has 0 aliphatic carbocycles. The van der Waals surface area contributed by atoms with Gasteiger partial charge in [0, 0.05) is 24.2 Å². The summed E-state index contributed by atoms with van der Waals surface area (Å²) < 4.78 is 76.8. The molecule has 34 heavy (non-hydrogen) atoms. The van der Waals surface area contributed by atoms with Gasteiger partial charge < -0.3 is 10.1 Å². The Morgan fingerprint density at radius 1 is 1.18 bits per heavy atom. The maximum Gasteiger partial charge on any atom is 0.399 e. The third-order valence-corrected chi connectivity index (χ3v) is 8.93. The number of hydrogen-bond donors (Lipinski definition) is 1. The fraction of sp³-hybridized carbons (Fsp3) is 0.429. The SMILES string of the molecule is COc1ccccc1S(=O)(=O)N(Cc1ccc(CP(=O)(OF)OF)c(Cl)c1)CC1CCCCN1. The van der Waals surface area contributed by atoms with Gasteiger partial charge in [0.25, 0.3) is 0 Å². The summed E-state index contributed by atoms with van der Waals surface area (Å²) in [6, 6.07) is 10.7. The third kappa shape index (κ3) is 6.54. The summed E-state index contributed by atoms with van der Waals surface area (Å²) in [7, 11) is -7.17. The Bertz CT molecular complexity index is 1130. The van der Waals surface area contributed by atoms with Crippen LogP contribution in [0.5, 0.6) is 5.75 Å². The summed E-state index contributed by atoms with van der Waals surface area (Å²) in [5.74, 6) is 0.227. The summed E-state index contributed by atoms with van der Waals surface area (Å²) in [6.07, 6.45) is 2.13. The van der Waals surface area contributed by atoms with Crippen LogP contribution < -0.4 is 10.1 Å². The van der Waals surface area contributed by atoms with Crippen LogP contribution in [0, 0.1) is 0 Å². The molecule has 188 valence electrons. The summed E-state index contributed by atoms with van der Waals surface area (Å²) >= 11 is 6.23. The molecule has 8 nitrogen and oxygen atoms in total. The summed E-state index contributed by atoms with van der Waals surface area (Å²) in [4.78, 5) is 0.0390. The molecule has 0 amide bonds. The molecule has 3 rings (SSSR count). The zero-order valence-corrected chi connectivity index (χ0v) is 20.9. The van der Waals surface area contributed by atoms with Gasteiger partial charge >= 0.3 is 7.60 Å². The van der Waals surface area contributed by atoms with Crippen LogP contribution in [0.25, 0.3) is 0 Å². The molecule has 0 bridgehead atoms. The molecule has 0 radical (unpaired) electrons. The maximum absolute atomic E-state index is 13.6. The van der Waals surface area contributed by atoms with E-state index < -0.39 is 23.8 Å². The summed E-state index contributed by atoms with van der Waals surface area (Å²) in [6.45, 7) is 1.01. The Hall–Kier alpha value is -1.59. The van der Waals surface area contributed by atoms with Gasteiger partial charge in [0.1, 0.15) is 10.6 Å². The van der Waals surface area contributed by atoms with Crippen molar-refractivity contribution >= 4 is 29.2 Å².